The monoisotopic (exact) mass is 349 g/mol. The lowest BCUT2D eigenvalue weighted by molar-refractivity contribution is 0.0697. The van der Waals surface area contributed by atoms with Crippen molar-refractivity contribution in [3.63, 3.8) is 0 Å². The summed E-state index contributed by atoms with van der Waals surface area (Å²) in [7, 11) is 0. The van der Waals surface area contributed by atoms with Crippen LogP contribution in [0.4, 0.5) is 11.5 Å². The Bertz CT molecular complexity index is 924. The lowest BCUT2D eigenvalue weighted by Gasteiger charge is -2.33. The summed E-state index contributed by atoms with van der Waals surface area (Å²) in [5.41, 5.74) is 1.65. The predicted molar refractivity (Wildman–Crippen MR) is 99.6 cm³/mol. The smallest absolute Gasteiger partial charge is 0.339 e. The maximum absolute atomic E-state index is 11.6. The third kappa shape index (κ3) is 3.15. The number of para-hydroxylation sites is 1. The second-order valence-corrected chi connectivity index (χ2v) is 6.36. The van der Waals surface area contributed by atoms with Crippen molar-refractivity contribution in [2.75, 3.05) is 23.3 Å². The van der Waals surface area contributed by atoms with Crippen LogP contribution in [0.25, 0.3) is 10.9 Å². The Morgan fingerprint density at radius 3 is 2.69 bits per heavy atom. The van der Waals surface area contributed by atoms with Crippen LogP contribution in [-0.4, -0.2) is 45.4 Å². The summed E-state index contributed by atoms with van der Waals surface area (Å²) in [4.78, 5) is 18.1. The largest absolute Gasteiger partial charge is 0.478 e. The highest BCUT2D eigenvalue weighted by Gasteiger charge is 2.23. The summed E-state index contributed by atoms with van der Waals surface area (Å²) in [6.45, 7) is 1.70. The Labute approximate surface area is 150 Å². The molecular formula is C19H19N5O2. The number of anilines is 2. The molecule has 132 valence electrons. The molecule has 1 saturated heterocycles. The number of rotatable bonds is 4. The van der Waals surface area contributed by atoms with E-state index in [9.17, 15) is 9.90 Å². The zero-order chi connectivity index (χ0) is 17.9. The van der Waals surface area contributed by atoms with Gasteiger partial charge in [-0.25, -0.2) is 4.79 Å². The predicted octanol–water partition coefficient (Wildman–Crippen LogP) is 2.80. The molecule has 1 aromatic carbocycles. The van der Waals surface area contributed by atoms with Gasteiger partial charge < -0.3 is 15.3 Å². The van der Waals surface area contributed by atoms with Crippen molar-refractivity contribution in [3.05, 3.63) is 54.4 Å². The van der Waals surface area contributed by atoms with Crippen LogP contribution in [0.15, 0.2) is 48.8 Å². The number of hydrogen-bond acceptors (Lipinski definition) is 6. The first-order valence-corrected chi connectivity index (χ1v) is 8.62. The van der Waals surface area contributed by atoms with Crippen LogP contribution in [0.2, 0.25) is 0 Å². The highest BCUT2D eigenvalue weighted by Crippen LogP contribution is 2.28. The Morgan fingerprint density at radius 1 is 1.15 bits per heavy atom. The Kier molecular flexibility index (Phi) is 4.35. The number of carboxylic acid groups (broad SMARTS) is 1. The number of nitrogens with one attached hydrogen (secondary N) is 1. The van der Waals surface area contributed by atoms with Crippen molar-refractivity contribution >= 4 is 28.4 Å². The van der Waals surface area contributed by atoms with Gasteiger partial charge in [-0.05, 0) is 31.0 Å². The zero-order valence-corrected chi connectivity index (χ0v) is 14.2. The molecule has 2 aromatic heterocycles. The lowest BCUT2D eigenvalue weighted by atomic mass is 10.0. The van der Waals surface area contributed by atoms with Gasteiger partial charge in [0.1, 0.15) is 5.56 Å². The van der Waals surface area contributed by atoms with Gasteiger partial charge in [-0.3, -0.25) is 4.98 Å². The molecule has 26 heavy (non-hydrogen) atoms. The van der Waals surface area contributed by atoms with E-state index < -0.39 is 5.97 Å². The molecule has 0 bridgehead atoms. The van der Waals surface area contributed by atoms with Crippen molar-refractivity contribution in [3.8, 4) is 0 Å². The van der Waals surface area contributed by atoms with E-state index in [-0.39, 0.29) is 11.6 Å². The van der Waals surface area contributed by atoms with Crippen LogP contribution in [0.1, 0.15) is 23.2 Å². The number of piperidine rings is 1. The average Bonchev–Trinajstić information content (AvgIpc) is 2.69. The minimum atomic E-state index is -0.970. The molecule has 0 spiro atoms. The number of hydrogen-bond donors (Lipinski definition) is 2. The summed E-state index contributed by atoms with van der Waals surface area (Å²) in [5, 5.41) is 21.9. The van der Waals surface area contributed by atoms with Crippen LogP contribution in [0, 0.1) is 0 Å². The molecule has 1 aliphatic heterocycles. The molecule has 0 unspecified atom stereocenters. The average molecular weight is 349 g/mol. The minimum absolute atomic E-state index is 0.201. The van der Waals surface area contributed by atoms with E-state index in [1.807, 2.05) is 36.4 Å². The van der Waals surface area contributed by atoms with Crippen LogP contribution >= 0.6 is 0 Å². The second-order valence-electron chi connectivity index (χ2n) is 6.36. The molecule has 1 fully saturated rings. The number of aromatic carboxylic acids is 1. The van der Waals surface area contributed by atoms with Gasteiger partial charge in [0.2, 0.25) is 0 Å². The molecule has 4 rings (SSSR count). The lowest BCUT2D eigenvalue weighted by Crippen LogP contribution is -2.39. The van der Waals surface area contributed by atoms with Crippen LogP contribution < -0.4 is 10.2 Å². The molecule has 0 radical (unpaired) electrons. The number of fused-ring (bicyclic) bond motifs is 1. The molecule has 0 amide bonds. The summed E-state index contributed by atoms with van der Waals surface area (Å²) in [5.74, 6) is -0.0886. The summed E-state index contributed by atoms with van der Waals surface area (Å²) < 4.78 is 0. The fourth-order valence-electron chi connectivity index (χ4n) is 3.38. The standard InChI is InChI=1S/C19H19N5O2/c25-19(26)15-12-20-16-5-2-1-4-14(16)18(15)22-13-7-10-24(11-8-13)17-6-3-9-21-23-17/h1-6,9,12-13H,7-8,10-11H2,(H,20,22)(H,25,26). The van der Waals surface area contributed by atoms with E-state index in [1.54, 1.807) is 6.20 Å². The van der Waals surface area contributed by atoms with E-state index in [4.69, 9.17) is 0 Å². The fourth-order valence-corrected chi connectivity index (χ4v) is 3.38. The highest BCUT2D eigenvalue weighted by atomic mass is 16.4. The molecule has 3 aromatic rings. The number of carbonyl (C=O) groups is 1. The first-order valence-electron chi connectivity index (χ1n) is 8.62. The normalized spacial score (nSPS) is 15.2. The molecular weight excluding hydrogens is 330 g/mol. The highest BCUT2D eigenvalue weighted by molar-refractivity contribution is 6.04. The number of aromatic nitrogens is 3. The Morgan fingerprint density at radius 2 is 1.96 bits per heavy atom. The number of carboxylic acids is 1. The second kappa shape index (κ2) is 6.95. The topological polar surface area (TPSA) is 91.2 Å². The van der Waals surface area contributed by atoms with Crippen molar-refractivity contribution < 1.29 is 9.90 Å². The SMILES string of the molecule is O=C(O)c1cnc2ccccc2c1NC1CCN(c2cccnn2)CC1. The number of pyridine rings is 1. The van der Waals surface area contributed by atoms with E-state index >= 15 is 0 Å². The third-order valence-electron chi connectivity index (χ3n) is 4.73. The summed E-state index contributed by atoms with van der Waals surface area (Å²) in [6, 6.07) is 11.6. The van der Waals surface area contributed by atoms with E-state index in [0.717, 1.165) is 42.7 Å². The zero-order valence-electron chi connectivity index (χ0n) is 14.2. The van der Waals surface area contributed by atoms with Gasteiger partial charge in [-0.1, -0.05) is 18.2 Å². The van der Waals surface area contributed by atoms with Crippen LogP contribution in [-0.2, 0) is 0 Å². The van der Waals surface area contributed by atoms with E-state index in [0.29, 0.717) is 5.69 Å². The molecule has 3 heterocycles. The minimum Gasteiger partial charge on any atom is -0.478 e. The summed E-state index contributed by atoms with van der Waals surface area (Å²) in [6.07, 6.45) is 4.89. The third-order valence-corrected chi connectivity index (χ3v) is 4.73. The van der Waals surface area contributed by atoms with Crippen molar-refractivity contribution in [1.82, 2.24) is 15.2 Å². The fraction of sp³-hybridized carbons (Fsp3) is 0.263. The van der Waals surface area contributed by atoms with E-state index in [1.165, 1.54) is 6.20 Å². The maximum atomic E-state index is 11.6. The molecule has 7 heteroatoms. The molecule has 0 aliphatic carbocycles. The Balaban J connectivity index is 1.55. The van der Waals surface area contributed by atoms with E-state index in [2.05, 4.69) is 25.4 Å². The van der Waals surface area contributed by atoms with Crippen molar-refractivity contribution in [2.24, 2.45) is 0 Å². The van der Waals surface area contributed by atoms with Gasteiger partial charge in [0, 0.05) is 36.9 Å². The quantitative estimate of drug-likeness (QED) is 0.748. The summed E-state index contributed by atoms with van der Waals surface area (Å²) >= 11 is 0. The van der Waals surface area contributed by atoms with Crippen molar-refractivity contribution in [2.45, 2.75) is 18.9 Å². The molecule has 2 N–H and O–H groups in total. The molecule has 0 saturated carbocycles. The molecule has 0 atom stereocenters. The first kappa shape index (κ1) is 16.3. The van der Waals surface area contributed by atoms with Gasteiger partial charge in [0.25, 0.3) is 0 Å². The van der Waals surface area contributed by atoms with Crippen molar-refractivity contribution in [1.29, 1.82) is 0 Å². The Hall–Kier alpha value is -3.22. The number of nitrogens with zero attached hydrogens (tertiary/aromatic N) is 4. The van der Waals surface area contributed by atoms with Crippen LogP contribution in [0.3, 0.4) is 0 Å². The van der Waals surface area contributed by atoms with Gasteiger partial charge in [0.05, 0.1) is 11.2 Å². The number of benzene rings is 1. The van der Waals surface area contributed by atoms with Crippen LogP contribution in [0.5, 0.6) is 0 Å². The van der Waals surface area contributed by atoms with Gasteiger partial charge in [0.15, 0.2) is 5.82 Å². The maximum Gasteiger partial charge on any atom is 0.339 e. The molecule has 7 nitrogen and oxygen atoms in total. The molecule has 1 aliphatic rings. The van der Waals surface area contributed by atoms with Gasteiger partial charge >= 0.3 is 5.97 Å². The first-order chi connectivity index (χ1) is 12.7. The van der Waals surface area contributed by atoms with Gasteiger partial charge in [-0.15, -0.1) is 5.10 Å². The van der Waals surface area contributed by atoms with Gasteiger partial charge in [-0.2, -0.15) is 5.10 Å².